The lowest BCUT2D eigenvalue weighted by Gasteiger charge is -2.36. The maximum atomic E-state index is 12.1. The van der Waals surface area contributed by atoms with Crippen LogP contribution in [0.4, 0.5) is 4.39 Å². The lowest BCUT2D eigenvalue weighted by molar-refractivity contribution is 0.0578. The molecule has 2 atom stereocenters. The molecule has 1 fully saturated rings. The van der Waals surface area contributed by atoms with Crippen molar-refractivity contribution in [2.24, 2.45) is 0 Å². The lowest BCUT2D eigenvalue weighted by Crippen LogP contribution is -2.53. The van der Waals surface area contributed by atoms with E-state index >= 15 is 0 Å². The zero-order valence-corrected chi connectivity index (χ0v) is 8.17. The second kappa shape index (κ2) is 5.52. The average Bonchev–Trinajstić information content (AvgIpc) is 2.18. The van der Waals surface area contributed by atoms with Gasteiger partial charge in [0.25, 0.3) is 0 Å². The fourth-order valence-electron chi connectivity index (χ4n) is 1.77. The third kappa shape index (κ3) is 3.21. The van der Waals surface area contributed by atoms with E-state index in [4.69, 9.17) is 0 Å². The van der Waals surface area contributed by atoms with Gasteiger partial charge in [-0.1, -0.05) is 6.92 Å². The van der Waals surface area contributed by atoms with Crippen LogP contribution >= 0.6 is 0 Å². The van der Waals surface area contributed by atoms with Gasteiger partial charge in [-0.25, -0.2) is 4.39 Å². The molecule has 0 bridgehead atoms. The smallest absolute Gasteiger partial charge is 0.117 e. The number of hydrogen-bond donors (Lipinski definition) is 2. The third-order valence-corrected chi connectivity index (χ3v) is 2.57. The number of piperazine rings is 1. The van der Waals surface area contributed by atoms with E-state index in [0.717, 1.165) is 26.1 Å². The lowest BCUT2D eigenvalue weighted by atomic mass is 10.1. The highest BCUT2D eigenvalue weighted by Crippen LogP contribution is 2.07. The standard InChI is InChI=1S/C9H19FN2O/c1-2-8-6-11-3-4-12(8)7-9(13)5-10/h8-9,11,13H,2-7H2,1H3. The zero-order valence-electron chi connectivity index (χ0n) is 8.17. The Kier molecular flexibility index (Phi) is 4.62. The summed E-state index contributed by atoms with van der Waals surface area (Å²) < 4.78 is 12.1. The molecule has 1 aliphatic heterocycles. The van der Waals surface area contributed by atoms with E-state index in [1.165, 1.54) is 0 Å². The summed E-state index contributed by atoms with van der Waals surface area (Å²) in [7, 11) is 0. The van der Waals surface area contributed by atoms with Crippen molar-refractivity contribution in [1.29, 1.82) is 0 Å². The molecule has 1 aliphatic rings. The molecule has 2 unspecified atom stereocenters. The van der Waals surface area contributed by atoms with Gasteiger partial charge in [0, 0.05) is 32.2 Å². The largest absolute Gasteiger partial charge is 0.389 e. The molecule has 4 heteroatoms. The minimum absolute atomic E-state index is 0.454. The first-order valence-electron chi connectivity index (χ1n) is 4.96. The number of nitrogens with zero attached hydrogens (tertiary/aromatic N) is 1. The maximum Gasteiger partial charge on any atom is 0.117 e. The Hall–Kier alpha value is -0.190. The summed E-state index contributed by atoms with van der Waals surface area (Å²) in [6.07, 6.45) is 0.235. The molecule has 0 aromatic heterocycles. The molecular formula is C9H19FN2O. The Morgan fingerprint density at radius 1 is 1.69 bits per heavy atom. The van der Waals surface area contributed by atoms with Crippen LogP contribution < -0.4 is 5.32 Å². The number of aliphatic hydroxyl groups excluding tert-OH is 1. The number of halogens is 1. The molecule has 0 aromatic carbocycles. The summed E-state index contributed by atoms with van der Waals surface area (Å²) in [5.41, 5.74) is 0. The summed E-state index contributed by atoms with van der Waals surface area (Å²) in [4.78, 5) is 2.17. The fraction of sp³-hybridized carbons (Fsp3) is 1.00. The van der Waals surface area contributed by atoms with Gasteiger partial charge in [0.1, 0.15) is 6.67 Å². The monoisotopic (exact) mass is 190 g/mol. The molecule has 3 nitrogen and oxygen atoms in total. The van der Waals surface area contributed by atoms with Crippen LogP contribution in [0.15, 0.2) is 0 Å². The molecule has 1 saturated heterocycles. The van der Waals surface area contributed by atoms with Crippen molar-refractivity contribution < 1.29 is 9.50 Å². The minimum atomic E-state index is -0.813. The Morgan fingerprint density at radius 3 is 3.08 bits per heavy atom. The van der Waals surface area contributed by atoms with Crippen molar-refractivity contribution in [1.82, 2.24) is 10.2 Å². The Bertz CT molecular complexity index is 146. The summed E-state index contributed by atoms with van der Waals surface area (Å²) >= 11 is 0. The second-order valence-corrected chi connectivity index (χ2v) is 3.57. The average molecular weight is 190 g/mol. The first-order chi connectivity index (χ1) is 6.27. The van der Waals surface area contributed by atoms with Crippen molar-refractivity contribution in [2.45, 2.75) is 25.5 Å². The van der Waals surface area contributed by atoms with Gasteiger partial charge in [-0.2, -0.15) is 0 Å². The van der Waals surface area contributed by atoms with Crippen LogP contribution in [-0.4, -0.2) is 55.0 Å². The van der Waals surface area contributed by atoms with E-state index in [2.05, 4.69) is 17.1 Å². The van der Waals surface area contributed by atoms with E-state index in [1.807, 2.05) is 0 Å². The highest BCUT2D eigenvalue weighted by Gasteiger charge is 2.22. The van der Waals surface area contributed by atoms with Crippen molar-refractivity contribution in [3.8, 4) is 0 Å². The molecule has 0 aromatic rings. The molecule has 0 spiro atoms. The van der Waals surface area contributed by atoms with Crippen molar-refractivity contribution in [2.75, 3.05) is 32.9 Å². The Balaban J connectivity index is 2.35. The van der Waals surface area contributed by atoms with Crippen LogP contribution in [0, 0.1) is 0 Å². The molecule has 2 N–H and O–H groups in total. The maximum absolute atomic E-state index is 12.1. The number of β-amino-alcohol motifs (C(OH)–C–C–N with tert-alkyl or cyclic N) is 1. The SMILES string of the molecule is CCC1CNCCN1CC(O)CF. The number of aliphatic hydroxyl groups is 1. The molecule has 0 aliphatic carbocycles. The molecule has 0 saturated carbocycles. The molecule has 1 rings (SSSR count). The van der Waals surface area contributed by atoms with Crippen LogP contribution in [0.1, 0.15) is 13.3 Å². The van der Waals surface area contributed by atoms with Crippen molar-refractivity contribution in [3.63, 3.8) is 0 Å². The molecule has 1 heterocycles. The fourth-order valence-corrected chi connectivity index (χ4v) is 1.77. The summed E-state index contributed by atoms with van der Waals surface area (Å²) in [5, 5.41) is 12.5. The van der Waals surface area contributed by atoms with Gasteiger partial charge in [0.15, 0.2) is 0 Å². The van der Waals surface area contributed by atoms with E-state index in [0.29, 0.717) is 12.6 Å². The molecule has 13 heavy (non-hydrogen) atoms. The predicted octanol–water partition coefficient (Wildman–Crippen LogP) is 0.000600. The van der Waals surface area contributed by atoms with E-state index < -0.39 is 12.8 Å². The van der Waals surface area contributed by atoms with Crippen LogP contribution in [0.3, 0.4) is 0 Å². The van der Waals surface area contributed by atoms with Gasteiger partial charge in [-0.05, 0) is 6.42 Å². The van der Waals surface area contributed by atoms with Crippen LogP contribution in [-0.2, 0) is 0 Å². The topological polar surface area (TPSA) is 35.5 Å². The quantitative estimate of drug-likeness (QED) is 0.655. The number of hydrogen-bond acceptors (Lipinski definition) is 3. The first kappa shape index (κ1) is 10.9. The number of nitrogens with one attached hydrogen (secondary N) is 1. The van der Waals surface area contributed by atoms with Gasteiger partial charge in [0.2, 0.25) is 0 Å². The predicted molar refractivity (Wildman–Crippen MR) is 50.5 cm³/mol. The Labute approximate surface area is 78.9 Å². The van der Waals surface area contributed by atoms with Crippen LogP contribution in [0.5, 0.6) is 0 Å². The summed E-state index contributed by atoms with van der Waals surface area (Å²) in [6, 6.07) is 0.454. The van der Waals surface area contributed by atoms with Gasteiger partial charge < -0.3 is 10.4 Å². The van der Waals surface area contributed by atoms with Crippen molar-refractivity contribution in [3.05, 3.63) is 0 Å². The summed E-state index contributed by atoms with van der Waals surface area (Å²) in [5.74, 6) is 0. The summed E-state index contributed by atoms with van der Waals surface area (Å²) in [6.45, 7) is 4.75. The minimum Gasteiger partial charge on any atom is -0.389 e. The van der Waals surface area contributed by atoms with Gasteiger partial charge in [-0.3, -0.25) is 4.90 Å². The van der Waals surface area contributed by atoms with E-state index in [9.17, 15) is 9.50 Å². The van der Waals surface area contributed by atoms with Crippen molar-refractivity contribution >= 4 is 0 Å². The highest BCUT2D eigenvalue weighted by molar-refractivity contribution is 4.80. The van der Waals surface area contributed by atoms with Gasteiger partial charge in [-0.15, -0.1) is 0 Å². The van der Waals surface area contributed by atoms with Gasteiger partial charge >= 0.3 is 0 Å². The number of alkyl halides is 1. The second-order valence-electron chi connectivity index (χ2n) is 3.57. The van der Waals surface area contributed by atoms with Crippen LogP contribution in [0.2, 0.25) is 0 Å². The Morgan fingerprint density at radius 2 is 2.46 bits per heavy atom. The van der Waals surface area contributed by atoms with E-state index in [1.54, 1.807) is 0 Å². The zero-order chi connectivity index (χ0) is 9.68. The van der Waals surface area contributed by atoms with Gasteiger partial charge in [0.05, 0.1) is 6.10 Å². The highest BCUT2D eigenvalue weighted by atomic mass is 19.1. The first-order valence-corrected chi connectivity index (χ1v) is 4.96. The van der Waals surface area contributed by atoms with E-state index in [-0.39, 0.29) is 0 Å². The molecular weight excluding hydrogens is 171 g/mol. The van der Waals surface area contributed by atoms with Crippen LogP contribution in [0.25, 0.3) is 0 Å². The molecule has 0 radical (unpaired) electrons. The molecule has 0 amide bonds. The third-order valence-electron chi connectivity index (χ3n) is 2.57. The normalized spacial score (nSPS) is 27.5. The number of rotatable bonds is 4. The molecule has 78 valence electrons.